The standard InChI is InChI=1S/C13H25N5O3/c1-10(2)11-12(18(19)20)13(17(5)15-11)14-6-8-21-9-7-16(3)4/h10,14H,6-9H2,1-5H3. The summed E-state index contributed by atoms with van der Waals surface area (Å²) in [5.74, 6) is 0.434. The summed E-state index contributed by atoms with van der Waals surface area (Å²) >= 11 is 0. The maximum absolute atomic E-state index is 11.2. The highest BCUT2D eigenvalue weighted by molar-refractivity contribution is 5.60. The van der Waals surface area contributed by atoms with Crippen molar-refractivity contribution in [2.24, 2.45) is 7.05 Å². The van der Waals surface area contributed by atoms with E-state index in [0.29, 0.717) is 31.3 Å². The van der Waals surface area contributed by atoms with E-state index in [4.69, 9.17) is 4.74 Å². The molecule has 1 rings (SSSR count). The molecule has 0 radical (unpaired) electrons. The second-order valence-corrected chi connectivity index (χ2v) is 5.46. The third-order valence-corrected chi connectivity index (χ3v) is 3.00. The van der Waals surface area contributed by atoms with Gasteiger partial charge in [0, 0.05) is 26.1 Å². The normalized spacial score (nSPS) is 11.4. The van der Waals surface area contributed by atoms with Gasteiger partial charge in [0.1, 0.15) is 5.69 Å². The molecular weight excluding hydrogens is 274 g/mol. The second kappa shape index (κ2) is 7.94. The van der Waals surface area contributed by atoms with Gasteiger partial charge < -0.3 is 15.0 Å². The lowest BCUT2D eigenvalue weighted by molar-refractivity contribution is -0.384. The van der Waals surface area contributed by atoms with Gasteiger partial charge in [0.15, 0.2) is 0 Å². The number of rotatable bonds is 9. The lowest BCUT2D eigenvalue weighted by atomic mass is 10.1. The van der Waals surface area contributed by atoms with Gasteiger partial charge >= 0.3 is 5.69 Å². The van der Waals surface area contributed by atoms with Crippen LogP contribution in [-0.4, -0.2) is 60.0 Å². The maximum Gasteiger partial charge on any atom is 0.334 e. The first-order valence-electron chi connectivity index (χ1n) is 7.02. The quantitative estimate of drug-likeness (QED) is 0.422. The Bertz CT molecular complexity index is 471. The maximum atomic E-state index is 11.2. The molecule has 0 amide bonds. The summed E-state index contributed by atoms with van der Waals surface area (Å²) in [6.45, 7) is 6.27. The van der Waals surface area contributed by atoms with Crippen molar-refractivity contribution in [3.05, 3.63) is 15.8 Å². The zero-order valence-electron chi connectivity index (χ0n) is 13.4. The van der Waals surface area contributed by atoms with Gasteiger partial charge in [-0.2, -0.15) is 5.10 Å². The van der Waals surface area contributed by atoms with Crippen molar-refractivity contribution in [3.8, 4) is 0 Å². The van der Waals surface area contributed by atoms with Crippen molar-refractivity contribution in [1.82, 2.24) is 14.7 Å². The zero-order valence-corrected chi connectivity index (χ0v) is 13.4. The molecule has 8 heteroatoms. The predicted molar refractivity (Wildman–Crippen MR) is 81.8 cm³/mol. The van der Waals surface area contributed by atoms with Crippen LogP contribution in [0.3, 0.4) is 0 Å². The molecule has 120 valence electrons. The fourth-order valence-corrected chi connectivity index (χ4v) is 1.89. The molecule has 0 aliphatic rings. The Morgan fingerprint density at radius 3 is 2.62 bits per heavy atom. The van der Waals surface area contributed by atoms with Gasteiger partial charge in [-0.15, -0.1) is 0 Å². The molecule has 0 unspecified atom stereocenters. The number of likely N-dealkylation sites (N-methyl/N-ethyl adjacent to an activating group) is 1. The van der Waals surface area contributed by atoms with E-state index in [0.717, 1.165) is 6.54 Å². The van der Waals surface area contributed by atoms with E-state index in [1.807, 2.05) is 32.8 Å². The smallest absolute Gasteiger partial charge is 0.334 e. The van der Waals surface area contributed by atoms with E-state index in [1.54, 1.807) is 7.05 Å². The highest BCUT2D eigenvalue weighted by Gasteiger charge is 2.28. The number of ether oxygens (including phenoxy) is 1. The fourth-order valence-electron chi connectivity index (χ4n) is 1.89. The number of nitrogens with zero attached hydrogens (tertiary/aromatic N) is 4. The summed E-state index contributed by atoms with van der Waals surface area (Å²) in [5.41, 5.74) is 0.555. The van der Waals surface area contributed by atoms with Gasteiger partial charge in [-0.25, -0.2) is 4.68 Å². The van der Waals surface area contributed by atoms with Crippen LogP contribution in [0.1, 0.15) is 25.5 Å². The van der Waals surface area contributed by atoms with Gasteiger partial charge in [0.05, 0.1) is 18.1 Å². The minimum atomic E-state index is -0.377. The summed E-state index contributed by atoms with van der Waals surface area (Å²) in [7, 11) is 5.66. The first kappa shape index (κ1) is 17.4. The summed E-state index contributed by atoms with van der Waals surface area (Å²) in [6, 6.07) is 0. The third kappa shape index (κ3) is 4.98. The monoisotopic (exact) mass is 299 g/mol. The van der Waals surface area contributed by atoms with Crippen molar-refractivity contribution in [1.29, 1.82) is 0 Å². The molecule has 0 fully saturated rings. The highest BCUT2D eigenvalue weighted by Crippen LogP contribution is 2.32. The van der Waals surface area contributed by atoms with Crippen LogP contribution in [0.25, 0.3) is 0 Å². The molecule has 1 aromatic rings. The Labute approximate surface area is 125 Å². The van der Waals surface area contributed by atoms with E-state index in [9.17, 15) is 10.1 Å². The van der Waals surface area contributed by atoms with Crippen LogP contribution in [0.4, 0.5) is 11.5 Å². The Morgan fingerprint density at radius 2 is 2.10 bits per heavy atom. The van der Waals surface area contributed by atoms with Crippen molar-refractivity contribution in [2.75, 3.05) is 45.7 Å². The summed E-state index contributed by atoms with van der Waals surface area (Å²) < 4.78 is 6.98. The molecule has 1 N–H and O–H groups in total. The minimum Gasteiger partial charge on any atom is -0.378 e. The minimum absolute atomic E-state index is 0.00323. The first-order chi connectivity index (χ1) is 9.84. The van der Waals surface area contributed by atoms with Crippen molar-refractivity contribution in [3.63, 3.8) is 0 Å². The molecule has 21 heavy (non-hydrogen) atoms. The van der Waals surface area contributed by atoms with Crippen molar-refractivity contribution < 1.29 is 9.66 Å². The van der Waals surface area contributed by atoms with Crippen LogP contribution in [0.2, 0.25) is 0 Å². The Kier molecular flexibility index (Phi) is 6.57. The van der Waals surface area contributed by atoms with Crippen molar-refractivity contribution in [2.45, 2.75) is 19.8 Å². The second-order valence-electron chi connectivity index (χ2n) is 5.46. The molecule has 8 nitrogen and oxygen atoms in total. The highest BCUT2D eigenvalue weighted by atomic mass is 16.6. The topological polar surface area (TPSA) is 85.5 Å². The predicted octanol–water partition coefficient (Wildman–Crippen LogP) is 1.44. The van der Waals surface area contributed by atoms with Crippen molar-refractivity contribution >= 4 is 11.5 Å². The molecule has 0 atom stereocenters. The van der Waals surface area contributed by atoms with E-state index >= 15 is 0 Å². The Morgan fingerprint density at radius 1 is 1.43 bits per heavy atom. The molecule has 1 heterocycles. The average molecular weight is 299 g/mol. The summed E-state index contributed by atoms with van der Waals surface area (Å²) in [5, 5.41) is 18.5. The number of aryl methyl sites for hydroxylation is 1. The van der Waals surface area contributed by atoms with Gasteiger partial charge in [0.25, 0.3) is 0 Å². The number of nitro groups is 1. The van der Waals surface area contributed by atoms with Crippen LogP contribution in [0.15, 0.2) is 0 Å². The molecule has 0 aliphatic carbocycles. The van der Waals surface area contributed by atoms with Gasteiger partial charge in [-0.3, -0.25) is 10.1 Å². The molecule has 0 aromatic carbocycles. The first-order valence-corrected chi connectivity index (χ1v) is 7.02. The van der Waals surface area contributed by atoms with Crippen LogP contribution in [-0.2, 0) is 11.8 Å². The number of aromatic nitrogens is 2. The van der Waals surface area contributed by atoms with Gasteiger partial charge in [-0.1, -0.05) is 13.8 Å². The van der Waals surface area contributed by atoms with Gasteiger partial charge in [-0.05, 0) is 14.1 Å². The lowest BCUT2D eigenvalue weighted by Gasteiger charge is -2.10. The molecule has 1 aromatic heterocycles. The lowest BCUT2D eigenvalue weighted by Crippen LogP contribution is -2.20. The largest absolute Gasteiger partial charge is 0.378 e. The van der Waals surface area contributed by atoms with Gasteiger partial charge in [0.2, 0.25) is 5.82 Å². The SMILES string of the molecule is CC(C)c1nn(C)c(NCCOCCN(C)C)c1[N+](=O)[O-]. The third-order valence-electron chi connectivity index (χ3n) is 3.00. The van der Waals surface area contributed by atoms with Crippen LogP contribution in [0, 0.1) is 10.1 Å². The van der Waals surface area contributed by atoms with E-state index in [2.05, 4.69) is 10.4 Å². The number of anilines is 1. The van der Waals surface area contributed by atoms with Crippen LogP contribution < -0.4 is 5.32 Å². The molecule has 0 saturated carbocycles. The Balaban J connectivity index is 2.60. The summed E-state index contributed by atoms with van der Waals surface area (Å²) in [6.07, 6.45) is 0. The molecule has 0 bridgehead atoms. The molecule has 0 spiro atoms. The van der Waals surface area contributed by atoms with E-state index in [-0.39, 0.29) is 16.5 Å². The van der Waals surface area contributed by atoms with E-state index < -0.39 is 0 Å². The molecule has 0 saturated heterocycles. The fraction of sp³-hybridized carbons (Fsp3) is 0.769. The number of hydrogen-bond acceptors (Lipinski definition) is 6. The number of hydrogen-bond donors (Lipinski definition) is 1. The average Bonchev–Trinajstić information content (AvgIpc) is 2.71. The van der Waals surface area contributed by atoms with E-state index in [1.165, 1.54) is 4.68 Å². The zero-order chi connectivity index (χ0) is 16.0. The Hall–Kier alpha value is -1.67. The summed E-state index contributed by atoms with van der Waals surface area (Å²) in [4.78, 5) is 12.9. The molecular formula is C13H25N5O3. The van der Waals surface area contributed by atoms with Crippen LogP contribution >= 0.6 is 0 Å². The molecule has 0 aliphatic heterocycles. The number of nitrogens with one attached hydrogen (secondary N) is 1. The van der Waals surface area contributed by atoms with Crippen LogP contribution in [0.5, 0.6) is 0 Å².